The van der Waals surface area contributed by atoms with Crippen molar-refractivity contribution >= 4 is 44.7 Å². The second-order valence-corrected chi connectivity index (χ2v) is 7.77. The van der Waals surface area contributed by atoms with Crippen molar-refractivity contribution in [2.24, 2.45) is 0 Å². The lowest BCUT2D eigenvalue weighted by Crippen LogP contribution is -2.27. The maximum atomic E-state index is 12.8. The van der Waals surface area contributed by atoms with Gasteiger partial charge < -0.3 is 10.1 Å². The van der Waals surface area contributed by atoms with E-state index in [0.717, 1.165) is 10.4 Å². The molecule has 0 aliphatic heterocycles. The van der Waals surface area contributed by atoms with E-state index in [1.165, 1.54) is 22.2 Å². The summed E-state index contributed by atoms with van der Waals surface area (Å²) in [6.07, 6.45) is 1.40. The number of carbonyl (C=O) groups excluding carboxylic acids is 1. The highest BCUT2D eigenvalue weighted by atomic mass is 35.5. The zero-order chi connectivity index (χ0) is 20.4. The standard InChI is InChI=1S/C21H16ClN3O3S/c1-28-16-8-6-15(7-9-16)24-19(26)11-25-12-23-17-10-18(29-20(17)21(25)27)13-2-4-14(22)5-3-13/h2-10,12H,11H2,1H3,(H,24,26). The van der Waals surface area contributed by atoms with Gasteiger partial charge in [-0.3, -0.25) is 14.2 Å². The van der Waals surface area contributed by atoms with E-state index in [0.29, 0.717) is 26.7 Å². The minimum absolute atomic E-state index is 0.123. The van der Waals surface area contributed by atoms with Gasteiger partial charge in [0.05, 0.1) is 19.0 Å². The first-order valence-corrected chi connectivity index (χ1v) is 9.92. The smallest absolute Gasteiger partial charge is 0.271 e. The number of hydrogen-bond donors (Lipinski definition) is 1. The summed E-state index contributed by atoms with van der Waals surface area (Å²) >= 11 is 7.29. The van der Waals surface area contributed by atoms with Crippen molar-refractivity contribution in [3.8, 4) is 16.2 Å². The van der Waals surface area contributed by atoms with Crippen LogP contribution in [0.3, 0.4) is 0 Å². The largest absolute Gasteiger partial charge is 0.497 e. The Hall–Kier alpha value is -3.16. The minimum atomic E-state index is -0.312. The molecular weight excluding hydrogens is 410 g/mol. The number of carbonyl (C=O) groups is 1. The quantitative estimate of drug-likeness (QED) is 0.513. The molecule has 0 atom stereocenters. The molecule has 0 aliphatic rings. The summed E-state index contributed by atoms with van der Waals surface area (Å²) in [6.45, 7) is -0.123. The Morgan fingerprint density at radius 1 is 1.17 bits per heavy atom. The molecule has 8 heteroatoms. The number of halogens is 1. The van der Waals surface area contributed by atoms with Crippen molar-refractivity contribution in [1.82, 2.24) is 9.55 Å². The van der Waals surface area contributed by atoms with Gasteiger partial charge in [-0.2, -0.15) is 0 Å². The number of nitrogens with zero attached hydrogens (tertiary/aromatic N) is 2. The summed E-state index contributed by atoms with van der Waals surface area (Å²) in [6, 6.07) is 16.2. The topological polar surface area (TPSA) is 73.2 Å². The van der Waals surface area contributed by atoms with E-state index in [1.54, 1.807) is 43.5 Å². The van der Waals surface area contributed by atoms with Crippen LogP contribution in [0.15, 0.2) is 65.7 Å². The second kappa shape index (κ2) is 8.06. The lowest BCUT2D eigenvalue weighted by molar-refractivity contribution is -0.116. The third-order valence-electron chi connectivity index (χ3n) is 4.32. The van der Waals surface area contributed by atoms with Gasteiger partial charge in [-0.05, 0) is 48.0 Å². The van der Waals surface area contributed by atoms with Crippen molar-refractivity contribution in [3.05, 3.63) is 76.3 Å². The fraction of sp³-hybridized carbons (Fsp3) is 0.0952. The molecule has 1 amide bonds. The first-order chi connectivity index (χ1) is 14.0. The molecule has 4 rings (SSSR count). The number of nitrogens with one attached hydrogen (secondary N) is 1. The number of hydrogen-bond acceptors (Lipinski definition) is 5. The molecule has 0 saturated carbocycles. The number of thiophene rings is 1. The van der Waals surface area contributed by atoms with Gasteiger partial charge >= 0.3 is 0 Å². The Balaban J connectivity index is 1.56. The average Bonchev–Trinajstić information content (AvgIpc) is 3.16. The molecule has 0 radical (unpaired) electrons. The molecule has 0 aliphatic carbocycles. The van der Waals surface area contributed by atoms with E-state index in [-0.39, 0.29) is 18.0 Å². The molecular formula is C21H16ClN3O3S. The Bertz CT molecular complexity index is 1230. The highest BCUT2D eigenvalue weighted by Gasteiger charge is 2.13. The van der Waals surface area contributed by atoms with Crippen molar-refractivity contribution in [2.75, 3.05) is 12.4 Å². The Kier molecular flexibility index (Phi) is 5.33. The molecule has 0 bridgehead atoms. The Morgan fingerprint density at radius 2 is 1.90 bits per heavy atom. The van der Waals surface area contributed by atoms with Crippen molar-refractivity contribution < 1.29 is 9.53 Å². The van der Waals surface area contributed by atoms with Gasteiger partial charge in [-0.25, -0.2) is 4.98 Å². The van der Waals surface area contributed by atoms with Crippen LogP contribution in [-0.4, -0.2) is 22.6 Å². The maximum Gasteiger partial charge on any atom is 0.271 e. The molecule has 0 fully saturated rings. The number of ether oxygens (including phenoxy) is 1. The lowest BCUT2D eigenvalue weighted by atomic mass is 10.2. The van der Waals surface area contributed by atoms with Gasteiger partial charge in [0.25, 0.3) is 5.56 Å². The first kappa shape index (κ1) is 19.2. The van der Waals surface area contributed by atoms with Crippen LogP contribution in [0.4, 0.5) is 5.69 Å². The summed E-state index contributed by atoms with van der Waals surface area (Å²) in [4.78, 5) is 30.4. The predicted octanol–water partition coefficient (Wildman–Crippen LogP) is 4.43. The molecule has 29 heavy (non-hydrogen) atoms. The predicted molar refractivity (Wildman–Crippen MR) is 116 cm³/mol. The molecule has 146 valence electrons. The molecule has 6 nitrogen and oxygen atoms in total. The molecule has 0 saturated heterocycles. The second-order valence-electron chi connectivity index (χ2n) is 6.29. The van der Waals surface area contributed by atoms with Crippen LogP contribution in [0.25, 0.3) is 20.7 Å². The van der Waals surface area contributed by atoms with Crippen molar-refractivity contribution in [3.63, 3.8) is 0 Å². The zero-order valence-corrected chi connectivity index (χ0v) is 17.0. The van der Waals surface area contributed by atoms with Gasteiger partial charge in [0.15, 0.2) is 0 Å². The molecule has 2 aromatic carbocycles. The molecule has 2 heterocycles. The van der Waals surface area contributed by atoms with Crippen LogP contribution in [0, 0.1) is 0 Å². The van der Waals surface area contributed by atoms with E-state index >= 15 is 0 Å². The van der Waals surface area contributed by atoms with Crippen LogP contribution in [0.5, 0.6) is 5.75 Å². The van der Waals surface area contributed by atoms with Crippen LogP contribution in [0.2, 0.25) is 5.02 Å². The fourth-order valence-electron chi connectivity index (χ4n) is 2.84. The number of benzene rings is 2. The number of aromatic nitrogens is 2. The zero-order valence-electron chi connectivity index (χ0n) is 15.4. The van der Waals surface area contributed by atoms with E-state index in [4.69, 9.17) is 16.3 Å². The highest BCUT2D eigenvalue weighted by Crippen LogP contribution is 2.31. The van der Waals surface area contributed by atoms with Crippen LogP contribution in [0.1, 0.15) is 0 Å². The van der Waals surface area contributed by atoms with Gasteiger partial charge in [0.1, 0.15) is 17.0 Å². The fourth-order valence-corrected chi connectivity index (χ4v) is 4.04. The summed E-state index contributed by atoms with van der Waals surface area (Å²) < 4.78 is 6.91. The number of rotatable bonds is 5. The third-order valence-corrected chi connectivity index (χ3v) is 5.73. The van der Waals surface area contributed by atoms with Crippen LogP contribution < -0.4 is 15.6 Å². The molecule has 0 spiro atoms. The molecule has 1 N–H and O–H groups in total. The third kappa shape index (κ3) is 4.16. The van der Waals surface area contributed by atoms with E-state index < -0.39 is 0 Å². The number of anilines is 1. The van der Waals surface area contributed by atoms with E-state index in [1.807, 2.05) is 18.2 Å². The number of amides is 1. The Morgan fingerprint density at radius 3 is 2.59 bits per heavy atom. The monoisotopic (exact) mass is 425 g/mol. The first-order valence-electron chi connectivity index (χ1n) is 8.72. The van der Waals surface area contributed by atoms with E-state index in [2.05, 4.69) is 10.3 Å². The van der Waals surface area contributed by atoms with Crippen LogP contribution >= 0.6 is 22.9 Å². The molecule has 0 unspecified atom stereocenters. The summed E-state index contributed by atoms with van der Waals surface area (Å²) in [5.41, 5.74) is 1.95. The summed E-state index contributed by atoms with van der Waals surface area (Å²) in [5, 5.41) is 3.41. The van der Waals surface area contributed by atoms with Gasteiger partial charge in [0, 0.05) is 15.6 Å². The highest BCUT2D eigenvalue weighted by molar-refractivity contribution is 7.22. The molecule has 4 aromatic rings. The lowest BCUT2D eigenvalue weighted by Gasteiger charge is -2.07. The van der Waals surface area contributed by atoms with Crippen molar-refractivity contribution in [1.29, 1.82) is 0 Å². The number of fused-ring (bicyclic) bond motifs is 1. The van der Waals surface area contributed by atoms with Crippen molar-refractivity contribution in [2.45, 2.75) is 6.54 Å². The summed E-state index contributed by atoms with van der Waals surface area (Å²) in [7, 11) is 1.58. The van der Waals surface area contributed by atoms with E-state index in [9.17, 15) is 9.59 Å². The van der Waals surface area contributed by atoms with Crippen LogP contribution in [-0.2, 0) is 11.3 Å². The average molecular weight is 426 g/mol. The Labute approximate surface area is 175 Å². The number of methoxy groups -OCH3 is 1. The normalized spacial score (nSPS) is 10.8. The molecule has 2 aromatic heterocycles. The summed E-state index contributed by atoms with van der Waals surface area (Å²) in [5.74, 6) is 0.385. The van der Waals surface area contributed by atoms with Gasteiger partial charge in [-0.1, -0.05) is 23.7 Å². The maximum absolute atomic E-state index is 12.8. The van der Waals surface area contributed by atoms with Gasteiger partial charge in [0.2, 0.25) is 5.91 Å². The van der Waals surface area contributed by atoms with Gasteiger partial charge in [-0.15, -0.1) is 11.3 Å². The minimum Gasteiger partial charge on any atom is -0.497 e. The SMILES string of the molecule is COc1ccc(NC(=O)Cn2cnc3cc(-c4ccc(Cl)cc4)sc3c2=O)cc1.